The zero-order chi connectivity index (χ0) is 14.7. The van der Waals surface area contributed by atoms with E-state index in [2.05, 4.69) is 0 Å². The first kappa shape index (κ1) is 16.6. The highest BCUT2D eigenvalue weighted by Gasteiger charge is 2.45. The van der Waals surface area contributed by atoms with Gasteiger partial charge in [0.25, 0.3) is 0 Å². The predicted molar refractivity (Wildman–Crippen MR) is 67.8 cm³/mol. The van der Waals surface area contributed by atoms with Crippen LogP contribution in [-0.4, -0.2) is 20.5 Å². The summed E-state index contributed by atoms with van der Waals surface area (Å²) in [7, 11) is -5.27. The summed E-state index contributed by atoms with van der Waals surface area (Å²) < 4.78 is 58.9. The predicted octanol–water partition coefficient (Wildman–Crippen LogP) is 3.37. The molecule has 0 heterocycles. The van der Waals surface area contributed by atoms with Gasteiger partial charge >= 0.3 is 15.5 Å². The molecule has 9 heteroatoms. The zero-order valence-electron chi connectivity index (χ0n) is 9.47. The molecule has 1 rings (SSSR count). The van der Waals surface area contributed by atoms with Crippen molar-refractivity contribution in [3.05, 3.63) is 33.8 Å². The average molecular weight is 336 g/mol. The molecule has 0 aliphatic heterocycles. The summed E-state index contributed by atoms with van der Waals surface area (Å²) in [6, 6.07) is 4.75. The molecule has 0 saturated carbocycles. The Bertz CT molecular complexity index is 546. The van der Waals surface area contributed by atoms with Gasteiger partial charge in [-0.1, -0.05) is 29.3 Å². The first-order valence-electron chi connectivity index (χ1n) is 5.13. The molecule has 0 fully saturated rings. The van der Waals surface area contributed by atoms with Gasteiger partial charge in [0.15, 0.2) is 0 Å². The lowest BCUT2D eigenvalue weighted by atomic mass is 10.1. The molecule has 0 amide bonds. The van der Waals surface area contributed by atoms with Gasteiger partial charge in [-0.2, -0.15) is 13.2 Å². The molecular formula is C10H10Cl2F3NO2S. The van der Waals surface area contributed by atoms with Crippen LogP contribution in [0.25, 0.3) is 0 Å². The van der Waals surface area contributed by atoms with Crippen LogP contribution in [0.4, 0.5) is 13.2 Å². The first-order valence-corrected chi connectivity index (χ1v) is 7.37. The summed E-state index contributed by atoms with van der Waals surface area (Å²) in [6.45, 7) is -0.319. The minimum atomic E-state index is -5.29. The third-order valence-corrected chi connectivity index (χ3v) is 4.02. The molecule has 0 aliphatic rings. The van der Waals surface area contributed by atoms with E-state index >= 15 is 0 Å². The lowest BCUT2D eigenvalue weighted by molar-refractivity contribution is -0.0447. The molecule has 3 nitrogen and oxygen atoms in total. The fraction of sp³-hybridized carbons (Fsp3) is 0.400. The van der Waals surface area contributed by atoms with Gasteiger partial charge in [0.2, 0.25) is 0 Å². The Morgan fingerprint density at radius 2 is 1.84 bits per heavy atom. The van der Waals surface area contributed by atoms with Gasteiger partial charge in [-0.15, -0.1) is 0 Å². The highest BCUT2D eigenvalue weighted by molar-refractivity contribution is 7.90. The summed E-state index contributed by atoms with van der Waals surface area (Å²) in [6.07, 6.45) is 0.535. The Morgan fingerprint density at radius 1 is 1.21 bits per heavy atom. The SMILES string of the molecule is O=S(=O)(NCCCc1ccc(Cl)cc1Cl)C(F)(F)F. The number of alkyl halides is 3. The van der Waals surface area contributed by atoms with Gasteiger partial charge in [0, 0.05) is 16.6 Å². The Hall–Kier alpha value is -0.500. The summed E-state index contributed by atoms with van der Waals surface area (Å²) in [5, 5.41) is 0.845. The molecule has 0 radical (unpaired) electrons. The lowest BCUT2D eigenvalue weighted by Crippen LogP contribution is -2.37. The maximum atomic E-state index is 12.0. The summed E-state index contributed by atoms with van der Waals surface area (Å²) in [4.78, 5) is 0. The second kappa shape index (κ2) is 6.30. The molecule has 108 valence electrons. The highest BCUT2D eigenvalue weighted by atomic mass is 35.5. The topological polar surface area (TPSA) is 46.2 Å². The second-order valence-electron chi connectivity index (χ2n) is 3.68. The molecular weight excluding hydrogens is 326 g/mol. The fourth-order valence-corrected chi connectivity index (χ4v) is 2.37. The van der Waals surface area contributed by atoms with Crippen molar-refractivity contribution >= 4 is 33.2 Å². The van der Waals surface area contributed by atoms with E-state index in [1.165, 1.54) is 10.8 Å². The van der Waals surface area contributed by atoms with Crippen molar-refractivity contribution in [2.75, 3.05) is 6.54 Å². The lowest BCUT2D eigenvalue weighted by Gasteiger charge is -2.09. The first-order chi connectivity index (χ1) is 8.63. The van der Waals surface area contributed by atoms with Crippen LogP contribution >= 0.6 is 23.2 Å². The molecule has 0 unspecified atom stereocenters. The van der Waals surface area contributed by atoms with Crippen LogP contribution in [0.3, 0.4) is 0 Å². The minimum absolute atomic E-state index is 0.191. The Balaban J connectivity index is 2.48. The van der Waals surface area contributed by atoms with Gasteiger partial charge in [0.05, 0.1) is 0 Å². The monoisotopic (exact) mass is 335 g/mol. The standard InChI is InChI=1S/C10H10Cl2F3NO2S/c11-8-4-3-7(9(12)6-8)2-1-5-16-19(17,18)10(13,14)15/h3-4,6,16H,1-2,5H2. The molecule has 0 aliphatic carbocycles. The van der Waals surface area contributed by atoms with Crippen molar-refractivity contribution < 1.29 is 21.6 Å². The Labute approximate surface area is 118 Å². The number of nitrogens with one attached hydrogen (secondary N) is 1. The number of rotatable bonds is 5. The molecule has 0 atom stereocenters. The van der Waals surface area contributed by atoms with Crippen molar-refractivity contribution in [2.24, 2.45) is 0 Å². The van der Waals surface area contributed by atoms with Gasteiger partial charge in [0.1, 0.15) is 0 Å². The van der Waals surface area contributed by atoms with Gasteiger partial charge in [-0.25, -0.2) is 13.1 Å². The van der Waals surface area contributed by atoms with E-state index in [1.54, 1.807) is 12.1 Å². The van der Waals surface area contributed by atoms with E-state index in [-0.39, 0.29) is 13.0 Å². The molecule has 0 spiro atoms. The van der Waals surface area contributed by atoms with E-state index in [0.29, 0.717) is 22.0 Å². The maximum Gasteiger partial charge on any atom is 0.511 e. The van der Waals surface area contributed by atoms with Crippen molar-refractivity contribution in [3.8, 4) is 0 Å². The minimum Gasteiger partial charge on any atom is -0.207 e. The average Bonchev–Trinajstić information content (AvgIpc) is 2.25. The van der Waals surface area contributed by atoms with Gasteiger partial charge in [-0.3, -0.25) is 0 Å². The molecule has 0 bridgehead atoms. The number of sulfonamides is 1. The van der Waals surface area contributed by atoms with Crippen LogP contribution in [0, 0.1) is 0 Å². The quantitative estimate of drug-likeness (QED) is 0.838. The second-order valence-corrected chi connectivity index (χ2v) is 6.28. The highest BCUT2D eigenvalue weighted by Crippen LogP contribution is 2.23. The normalized spacial score (nSPS) is 12.7. The molecule has 19 heavy (non-hydrogen) atoms. The van der Waals surface area contributed by atoms with Crippen LogP contribution in [0.2, 0.25) is 10.0 Å². The van der Waals surface area contributed by atoms with E-state index < -0.39 is 15.5 Å². The number of halogens is 5. The van der Waals surface area contributed by atoms with Gasteiger partial charge < -0.3 is 0 Å². The fourth-order valence-electron chi connectivity index (χ4n) is 1.29. The molecule has 0 aromatic heterocycles. The van der Waals surface area contributed by atoms with Crippen LogP contribution in [0.5, 0.6) is 0 Å². The van der Waals surface area contributed by atoms with Crippen molar-refractivity contribution in [1.29, 1.82) is 0 Å². The summed E-state index contributed by atoms with van der Waals surface area (Å²) >= 11 is 11.6. The number of benzene rings is 1. The molecule has 1 aromatic carbocycles. The summed E-state index contributed by atoms with van der Waals surface area (Å²) in [5.41, 5.74) is -4.59. The Kier molecular flexibility index (Phi) is 5.49. The van der Waals surface area contributed by atoms with Crippen LogP contribution in [0.15, 0.2) is 18.2 Å². The van der Waals surface area contributed by atoms with Crippen LogP contribution in [0.1, 0.15) is 12.0 Å². The Morgan fingerprint density at radius 3 is 2.37 bits per heavy atom. The zero-order valence-corrected chi connectivity index (χ0v) is 11.8. The maximum absolute atomic E-state index is 12.0. The summed E-state index contributed by atoms with van der Waals surface area (Å²) in [5.74, 6) is 0. The van der Waals surface area contributed by atoms with E-state index in [1.807, 2.05) is 0 Å². The smallest absolute Gasteiger partial charge is 0.207 e. The number of hydrogen-bond donors (Lipinski definition) is 1. The molecule has 0 saturated heterocycles. The van der Waals surface area contributed by atoms with E-state index in [0.717, 1.165) is 0 Å². The third kappa shape index (κ3) is 4.83. The molecule has 1 N–H and O–H groups in total. The largest absolute Gasteiger partial charge is 0.511 e. The number of hydrogen-bond acceptors (Lipinski definition) is 2. The van der Waals surface area contributed by atoms with Crippen LogP contribution < -0.4 is 4.72 Å². The van der Waals surface area contributed by atoms with Gasteiger partial charge in [-0.05, 0) is 30.5 Å². The van der Waals surface area contributed by atoms with Crippen molar-refractivity contribution in [3.63, 3.8) is 0 Å². The van der Waals surface area contributed by atoms with E-state index in [4.69, 9.17) is 23.2 Å². The van der Waals surface area contributed by atoms with Crippen LogP contribution in [-0.2, 0) is 16.4 Å². The number of aryl methyl sites for hydroxylation is 1. The molecule has 1 aromatic rings. The van der Waals surface area contributed by atoms with Crippen molar-refractivity contribution in [2.45, 2.75) is 18.3 Å². The van der Waals surface area contributed by atoms with Crippen molar-refractivity contribution in [1.82, 2.24) is 4.72 Å². The third-order valence-electron chi connectivity index (χ3n) is 2.23. The van der Waals surface area contributed by atoms with E-state index in [9.17, 15) is 21.6 Å².